The van der Waals surface area contributed by atoms with E-state index in [1.807, 2.05) is 6.92 Å². The van der Waals surface area contributed by atoms with Crippen LogP contribution in [0.3, 0.4) is 0 Å². The van der Waals surface area contributed by atoms with Crippen molar-refractivity contribution < 1.29 is 23.8 Å². The molecule has 0 aliphatic carbocycles. The predicted molar refractivity (Wildman–Crippen MR) is 118 cm³/mol. The van der Waals surface area contributed by atoms with Gasteiger partial charge in [0.2, 0.25) is 0 Å². The molecule has 1 aromatic carbocycles. The number of halogens is 2. The molecule has 2 aromatic heterocycles. The van der Waals surface area contributed by atoms with Crippen molar-refractivity contribution in [1.29, 1.82) is 0 Å². The number of piperazine rings is 1. The highest BCUT2D eigenvalue weighted by molar-refractivity contribution is 7.22. The standard InChI is InChI=1S/C21H23F2N5O3S/c1-11-10-27(21(31)26-20-25-16-4-3-14(22)8-17(16)32-20)5-6-28(11)19-15(23)7-13(9-24-19)18(30)12(2)29/h3-4,7-9,11-12,18,29-30H,5-6,10H2,1-2H3,(H,25,26,31)/t11?,12-,18+/m1/s1. The van der Waals surface area contributed by atoms with E-state index in [1.54, 1.807) is 15.9 Å². The third-order valence-electron chi connectivity index (χ3n) is 5.39. The van der Waals surface area contributed by atoms with Gasteiger partial charge >= 0.3 is 6.03 Å². The van der Waals surface area contributed by atoms with E-state index in [1.165, 1.54) is 42.7 Å². The van der Waals surface area contributed by atoms with Gasteiger partial charge in [0.15, 0.2) is 16.8 Å². The number of aromatic nitrogens is 2. The Morgan fingerprint density at radius 2 is 2.06 bits per heavy atom. The summed E-state index contributed by atoms with van der Waals surface area (Å²) < 4.78 is 28.7. The number of thiazole rings is 1. The Labute approximate surface area is 187 Å². The van der Waals surface area contributed by atoms with Crippen LogP contribution in [0.1, 0.15) is 25.5 Å². The van der Waals surface area contributed by atoms with Crippen LogP contribution in [0.15, 0.2) is 30.5 Å². The van der Waals surface area contributed by atoms with Gasteiger partial charge in [-0.1, -0.05) is 11.3 Å². The van der Waals surface area contributed by atoms with Gasteiger partial charge in [-0.15, -0.1) is 0 Å². The van der Waals surface area contributed by atoms with Gasteiger partial charge in [-0.25, -0.2) is 23.5 Å². The number of carbonyl (C=O) groups is 1. The molecule has 170 valence electrons. The maximum Gasteiger partial charge on any atom is 0.323 e. The Morgan fingerprint density at radius 1 is 1.28 bits per heavy atom. The second-order valence-electron chi connectivity index (χ2n) is 7.81. The van der Waals surface area contributed by atoms with Crippen molar-refractivity contribution in [1.82, 2.24) is 14.9 Å². The van der Waals surface area contributed by atoms with Gasteiger partial charge in [-0.2, -0.15) is 0 Å². The molecule has 1 aliphatic heterocycles. The summed E-state index contributed by atoms with van der Waals surface area (Å²) in [5.74, 6) is -0.834. The molecule has 1 saturated heterocycles. The van der Waals surface area contributed by atoms with Gasteiger partial charge in [0.1, 0.15) is 11.9 Å². The molecule has 8 nitrogen and oxygen atoms in total. The summed E-state index contributed by atoms with van der Waals surface area (Å²) in [6, 6.07) is 4.87. The number of aliphatic hydroxyl groups is 2. The van der Waals surface area contributed by atoms with E-state index < -0.39 is 18.0 Å². The number of fused-ring (bicyclic) bond motifs is 1. The number of urea groups is 1. The van der Waals surface area contributed by atoms with E-state index in [2.05, 4.69) is 15.3 Å². The highest BCUT2D eigenvalue weighted by Gasteiger charge is 2.30. The summed E-state index contributed by atoms with van der Waals surface area (Å²) in [4.78, 5) is 24.5. The molecule has 0 saturated carbocycles. The lowest BCUT2D eigenvalue weighted by Crippen LogP contribution is -2.55. The quantitative estimate of drug-likeness (QED) is 0.550. The zero-order chi connectivity index (χ0) is 23.0. The van der Waals surface area contributed by atoms with E-state index in [4.69, 9.17) is 0 Å². The van der Waals surface area contributed by atoms with Crippen molar-refractivity contribution in [2.45, 2.75) is 32.1 Å². The first-order valence-corrected chi connectivity index (χ1v) is 10.9. The van der Waals surface area contributed by atoms with Crippen LogP contribution in [0.5, 0.6) is 0 Å². The second-order valence-corrected chi connectivity index (χ2v) is 8.84. The molecule has 1 unspecified atom stereocenters. The Morgan fingerprint density at radius 3 is 2.75 bits per heavy atom. The Bertz CT molecular complexity index is 1140. The zero-order valence-corrected chi connectivity index (χ0v) is 18.3. The molecular weight excluding hydrogens is 440 g/mol. The number of aliphatic hydroxyl groups excluding tert-OH is 2. The highest BCUT2D eigenvalue weighted by Crippen LogP contribution is 2.28. The number of amides is 2. The first kappa shape index (κ1) is 22.3. The average Bonchev–Trinajstić information content (AvgIpc) is 3.14. The minimum Gasteiger partial charge on any atom is -0.390 e. The van der Waals surface area contributed by atoms with Crippen LogP contribution >= 0.6 is 11.3 Å². The molecule has 1 fully saturated rings. The molecule has 3 atom stereocenters. The van der Waals surface area contributed by atoms with Gasteiger partial charge in [-0.3, -0.25) is 5.32 Å². The van der Waals surface area contributed by atoms with Crippen molar-refractivity contribution in [2.24, 2.45) is 0 Å². The molecule has 11 heteroatoms. The van der Waals surface area contributed by atoms with E-state index in [-0.39, 0.29) is 29.3 Å². The summed E-state index contributed by atoms with van der Waals surface area (Å²) in [6.07, 6.45) is -0.919. The third kappa shape index (κ3) is 4.50. The Hall–Kier alpha value is -2.89. The molecule has 0 radical (unpaired) electrons. The fraction of sp³-hybridized carbons (Fsp3) is 0.381. The fourth-order valence-corrected chi connectivity index (χ4v) is 4.56. The van der Waals surface area contributed by atoms with E-state index in [9.17, 15) is 23.8 Å². The molecule has 3 N–H and O–H groups in total. The molecule has 0 bridgehead atoms. The first-order valence-electron chi connectivity index (χ1n) is 10.1. The lowest BCUT2D eigenvalue weighted by molar-refractivity contribution is 0.0301. The maximum atomic E-state index is 14.7. The van der Waals surface area contributed by atoms with Crippen molar-refractivity contribution in [3.8, 4) is 0 Å². The number of nitrogens with zero attached hydrogens (tertiary/aromatic N) is 4. The van der Waals surface area contributed by atoms with E-state index >= 15 is 0 Å². The lowest BCUT2D eigenvalue weighted by Gasteiger charge is -2.40. The fourth-order valence-electron chi connectivity index (χ4n) is 3.68. The minimum atomic E-state index is -1.22. The van der Waals surface area contributed by atoms with Crippen LogP contribution < -0.4 is 10.2 Å². The number of nitrogens with one attached hydrogen (secondary N) is 1. The smallest absolute Gasteiger partial charge is 0.323 e. The number of benzene rings is 1. The van der Waals surface area contributed by atoms with Crippen molar-refractivity contribution in [2.75, 3.05) is 29.9 Å². The van der Waals surface area contributed by atoms with Crippen LogP contribution in [-0.4, -0.2) is 62.9 Å². The molecular formula is C21H23F2N5O3S. The monoisotopic (exact) mass is 463 g/mol. The number of anilines is 2. The second kappa shape index (κ2) is 8.93. The van der Waals surface area contributed by atoms with E-state index in [0.29, 0.717) is 35.0 Å². The van der Waals surface area contributed by atoms with Crippen LogP contribution in [0.4, 0.5) is 24.5 Å². The Balaban J connectivity index is 1.42. The predicted octanol–water partition coefficient (Wildman–Crippen LogP) is 3.13. The molecule has 2 amide bonds. The van der Waals surface area contributed by atoms with Gasteiger partial charge in [0, 0.05) is 37.4 Å². The Kier molecular flexibility index (Phi) is 6.22. The van der Waals surface area contributed by atoms with E-state index in [0.717, 1.165) is 0 Å². The van der Waals surface area contributed by atoms with Crippen LogP contribution in [0.2, 0.25) is 0 Å². The van der Waals surface area contributed by atoms with Crippen LogP contribution in [0.25, 0.3) is 10.2 Å². The van der Waals surface area contributed by atoms with Gasteiger partial charge in [0.05, 0.1) is 16.3 Å². The number of hydrogen-bond donors (Lipinski definition) is 3. The normalized spacial score (nSPS) is 18.6. The number of hydrogen-bond acceptors (Lipinski definition) is 7. The first-order chi connectivity index (χ1) is 15.2. The van der Waals surface area contributed by atoms with Gasteiger partial charge in [-0.05, 0) is 38.1 Å². The summed E-state index contributed by atoms with van der Waals surface area (Å²) in [5, 5.41) is 22.5. The van der Waals surface area contributed by atoms with Gasteiger partial charge < -0.3 is 20.0 Å². The minimum absolute atomic E-state index is 0.132. The molecule has 32 heavy (non-hydrogen) atoms. The van der Waals surface area contributed by atoms with Crippen molar-refractivity contribution in [3.63, 3.8) is 0 Å². The molecule has 0 spiro atoms. The summed E-state index contributed by atoms with van der Waals surface area (Å²) in [5.41, 5.74) is 0.804. The molecule has 1 aliphatic rings. The summed E-state index contributed by atoms with van der Waals surface area (Å²) in [6.45, 7) is 4.32. The van der Waals surface area contributed by atoms with Crippen LogP contribution in [0, 0.1) is 11.6 Å². The topological polar surface area (TPSA) is 102 Å². The molecule has 3 heterocycles. The largest absolute Gasteiger partial charge is 0.390 e. The lowest BCUT2D eigenvalue weighted by atomic mass is 10.1. The van der Waals surface area contributed by atoms with Crippen molar-refractivity contribution in [3.05, 3.63) is 47.7 Å². The summed E-state index contributed by atoms with van der Waals surface area (Å²) in [7, 11) is 0. The van der Waals surface area contributed by atoms with Gasteiger partial charge in [0.25, 0.3) is 0 Å². The number of carbonyl (C=O) groups excluding carboxylic acids is 1. The van der Waals surface area contributed by atoms with Crippen LogP contribution in [-0.2, 0) is 0 Å². The average molecular weight is 464 g/mol. The molecule has 3 aromatic rings. The summed E-state index contributed by atoms with van der Waals surface area (Å²) >= 11 is 1.19. The maximum absolute atomic E-state index is 14.7. The number of pyridine rings is 1. The highest BCUT2D eigenvalue weighted by atomic mass is 32.1. The van der Waals surface area contributed by atoms with Crippen molar-refractivity contribution >= 4 is 38.5 Å². The SMILES string of the molecule is CC1CN(C(=O)Nc2nc3ccc(F)cc3s2)CCN1c1ncc([C@@H](O)[C@@H](C)O)cc1F. The molecule has 4 rings (SSSR count). The third-order valence-corrected chi connectivity index (χ3v) is 6.33. The number of rotatable bonds is 4. The zero-order valence-electron chi connectivity index (χ0n) is 17.5.